The summed E-state index contributed by atoms with van der Waals surface area (Å²) in [5.41, 5.74) is 0.651. The Balaban J connectivity index is 1.88. The quantitative estimate of drug-likeness (QED) is 0.382. The van der Waals surface area contributed by atoms with E-state index in [1.807, 2.05) is 5.38 Å². The Morgan fingerprint density at radius 3 is 2.77 bits per heavy atom. The minimum atomic E-state index is -0.832. The molecule has 1 atom stereocenters. The zero-order valence-electron chi connectivity index (χ0n) is 15.9. The molecular weight excluding hydrogens is 407 g/mol. The number of rotatable bonds is 5. The molecule has 0 saturated carbocycles. The lowest BCUT2D eigenvalue weighted by Gasteiger charge is -2.24. The summed E-state index contributed by atoms with van der Waals surface area (Å²) in [7, 11) is 1.38. The van der Waals surface area contributed by atoms with Crippen molar-refractivity contribution in [2.24, 2.45) is 0 Å². The number of carbonyl (C=O) groups excluding carboxylic acids is 2. The average Bonchev–Trinajstić information content (AvgIpc) is 3.37. The zero-order valence-corrected chi connectivity index (χ0v) is 16.7. The molecule has 1 fully saturated rings. The number of aliphatic hydroxyl groups is 1. The topological polar surface area (TPSA) is 79.7 Å². The molecular formula is C22H17FN2O4S. The number of ether oxygens (including phenoxy) is 1. The highest BCUT2D eigenvalue weighted by Gasteiger charge is 2.46. The maximum atomic E-state index is 13.9. The van der Waals surface area contributed by atoms with Crippen molar-refractivity contribution < 1.29 is 23.8 Å². The second kappa shape index (κ2) is 8.08. The third-order valence-corrected chi connectivity index (χ3v) is 5.77. The van der Waals surface area contributed by atoms with Crippen LogP contribution < -0.4 is 4.74 Å². The number of amides is 1. The number of hydrogen-bond acceptors (Lipinski definition) is 6. The number of nitrogens with zero attached hydrogens (tertiary/aromatic N) is 2. The predicted molar refractivity (Wildman–Crippen MR) is 109 cm³/mol. The molecule has 0 bridgehead atoms. The van der Waals surface area contributed by atoms with Crippen LogP contribution in [0, 0.1) is 5.82 Å². The first-order valence-electron chi connectivity index (χ1n) is 9.06. The molecule has 1 aromatic carbocycles. The van der Waals surface area contributed by atoms with Gasteiger partial charge in [-0.3, -0.25) is 14.6 Å². The van der Waals surface area contributed by atoms with Crippen LogP contribution in [0.25, 0.3) is 5.76 Å². The SMILES string of the molecule is COc1ccc(F)cc1/C(O)=C1/C(=O)C(=O)N(Cc2cccnc2)C1c1cccs1. The van der Waals surface area contributed by atoms with E-state index in [0.717, 1.165) is 11.6 Å². The van der Waals surface area contributed by atoms with Crippen molar-refractivity contribution in [3.8, 4) is 5.75 Å². The van der Waals surface area contributed by atoms with Gasteiger partial charge in [-0.05, 0) is 41.3 Å². The van der Waals surface area contributed by atoms with Crippen LogP contribution in [0.2, 0.25) is 0 Å². The molecule has 1 saturated heterocycles. The summed E-state index contributed by atoms with van der Waals surface area (Å²) in [5, 5.41) is 12.8. The van der Waals surface area contributed by atoms with Crippen molar-refractivity contribution in [1.82, 2.24) is 9.88 Å². The smallest absolute Gasteiger partial charge is 0.295 e. The Bertz CT molecular complexity index is 1130. The standard InChI is InChI=1S/C22H17FN2O4S/c1-29-16-7-6-14(23)10-15(16)20(26)18-19(17-5-3-9-30-17)25(22(28)21(18)27)12-13-4-2-8-24-11-13/h2-11,19,26H,12H2,1H3/b20-18-. The van der Waals surface area contributed by atoms with E-state index in [1.54, 1.807) is 36.7 Å². The molecule has 0 aliphatic carbocycles. The van der Waals surface area contributed by atoms with Crippen LogP contribution in [-0.4, -0.2) is 33.8 Å². The van der Waals surface area contributed by atoms with Gasteiger partial charge in [0, 0.05) is 23.8 Å². The number of hydrogen-bond donors (Lipinski definition) is 1. The molecule has 0 spiro atoms. The monoisotopic (exact) mass is 424 g/mol. The van der Waals surface area contributed by atoms with Crippen molar-refractivity contribution >= 4 is 28.8 Å². The van der Waals surface area contributed by atoms with Crippen molar-refractivity contribution in [2.45, 2.75) is 12.6 Å². The first kappa shape index (κ1) is 19.8. The molecule has 1 N–H and O–H groups in total. The molecule has 152 valence electrons. The number of ketones is 1. The molecule has 3 heterocycles. The molecule has 1 unspecified atom stereocenters. The number of benzene rings is 1. The van der Waals surface area contributed by atoms with E-state index >= 15 is 0 Å². The van der Waals surface area contributed by atoms with E-state index in [1.165, 1.54) is 35.5 Å². The molecule has 30 heavy (non-hydrogen) atoms. The van der Waals surface area contributed by atoms with E-state index in [9.17, 15) is 19.1 Å². The molecule has 1 aliphatic heterocycles. The number of methoxy groups -OCH3 is 1. The van der Waals surface area contributed by atoms with E-state index in [4.69, 9.17) is 4.74 Å². The highest BCUT2D eigenvalue weighted by Crippen LogP contribution is 2.43. The molecule has 0 radical (unpaired) electrons. The van der Waals surface area contributed by atoms with Crippen molar-refractivity contribution in [3.05, 3.63) is 87.6 Å². The lowest BCUT2D eigenvalue weighted by molar-refractivity contribution is -0.140. The van der Waals surface area contributed by atoms with Gasteiger partial charge in [0.1, 0.15) is 17.3 Å². The molecule has 1 aliphatic rings. The molecule has 4 rings (SSSR count). The minimum Gasteiger partial charge on any atom is -0.507 e. The highest BCUT2D eigenvalue weighted by molar-refractivity contribution is 7.10. The number of aliphatic hydroxyl groups excluding tert-OH is 1. The molecule has 6 nitrogen and oxygen atoms in total. The van der Waals surface area contributed by atoms with Crippen LogP contribution in [0.4, 0.5) is 4.39 Å². The van der Waals surface area contributed by atoms with Crippen LogP contribution in [0.1, 0.15) is 22.0 Å². The Morgan fingerprint density at radius 1 is 1.27 bits per heavy atom. The van der Waals surface area contributed by atoms with E-state index in [0.29, 0.717) is 4.88 Å². The van der Waals surface area contributed by atoms with Gasteiger partial charge in [-0.25, -0.2) is 4.39 Å². The van der Waals surface area contributed by atoms with Gasteiger partial charge in [0.25, 0.3) is 11.7 Å². The summed E-state index contributed by atoms with van der Waals surface area (Å²) < 4.78 is 19.1. The van der Waals surface area contributed by atoms with Gasteiger partial charge < -0.3 is 14.7 Å². The van der Waals surface area contributed by atoms with Crippen molar-refractivity contribution in [1.29, 1.82) is 0 Å². The normalized spacial score (nSPS) is 18.1. The first-order chi connectivity index (χ1) is 14.5. The van der Waals surface area contributed by atoms with E-state index < -0.39 is 29.3 Å². The van der Waals surface area contributed by atoms with E-state index in [-0.39, 0.29) is 23.4 Å². The van der Waals surface area contributed by atoms with Gasteiger partial charge in [0.15, 0.2) is 0 Å². The summed E-state index contributed by atoms with van der Waals surface area (Å²) in [6.45, 7) is 0.137. The predicted octanol–water partition coefficient (Wildman–Crippen LogP) is 3.91. The van der Waals surface area contributed by atoms with Crippen LogP contribution in [-0.2, 0) is 16.1 Å². The van der Waals surface area contributed by atoms with Crippen molar-refractivity contribution in [3.63, 3.8) is 0 Å². The van der Waals surface area contributed by atoms with Gasteiger partial charge >= 0.3 is 0 Å². The summed E-state index contributed by atoms with van der Waals surface area (Å²) in [5.74, 6) is -2.46. The number of Topliss-reactive ketones (excluding diaryl/α,β-unsaturated/α-hetero) is 1. The van der Waals surface area contributed by atoms with Gasteiger partial charge in [-0.15, -0.1) is 11.3 Å². The average molecular weight is 424 g/mol. The minimum absolute atomic E-state index is 0.0124. The molecule has 8 heteroatoms. The Labute approximate surface area is 175 Å². The maximum absolute atomic E-state index is 13.9. The Kier molecular flexibility index (Phi) is 5.33. The fourth-order valence-corrected chi connectivity index (χ4v) is 4.33. The number of likely N-dealkylation sites (tertiary alicyclic amines) is 1. The summed E-state index contributed by atoms with van der Waals surface area (Å²) in [6.07, 6.45) is 3.23. The lowest BCUT2D eigenvalue weighted by atomic mass is 9.99. The van der Waals surface area contributed by atoms with Gasteiger partial charge in [-0.1, -0.05) is 12.1 Å². The Hall–Kier alpha value is -3.52. The third kappa shape index (κ3) is 3.46. The third-order valence-electron chi connectivity index (χ3n) is 4.84. The number of thiophene rings is 1. The highest BCUT2D eigenvalue weighted by atomic mass is 32.1. The number of aromatic nitrogens is 1. The molecule has 2 aromatic heterocycles. The van der Waals surface area contributed by atoms with Crippen LogP contribution >= 0.6 is 11.3 Å². The summed E-state index contributed by atoms with van der Waals surface area (Å²) in [4.78, 5) is 32.0. The van der Waals surface area contributed by atoms with Crippen LogP contribution in [0.3, 0.4) is 0 Å². The van der Waals surface area contributed by atoms with Crippen LogP contribution in [0.15, 0.2) is 65.8 Å². The van der Waals surface area contributed by atoms with E-state index in [2.05, 4.69) is 4.98 Å². The number of halogens is 1. The van der Waals surface area contributed by atoms with Crippen LogP contribution in [0.5, 0.6) is 5.75 Å². The Morgan fingerprint density at radius 2 is 2.10 bits per heavy atom. The fourth-order valence-electron chi connectivity index (χ4n) is 3.48. The molecule has 1 amide bonds. The second-order valence-electron chi connectivity index (χ2n) is 6.65. The first-order valence-corrected chi connectivity index (χ1v) is 9.94. The number of carbonyl (C=O) groups is 2. The lowest BCUT2D eigenvalue weighted by Crippen LogP contribution is -2.28. The van der Waals surface area contributed by atoms with Gasteiger partial charge in [0.05, 0.1) is 24.3 Å². The largest absolute Gasteiger partial charge is 0.507 e. The van der Waals surface area contributed by atoms with Gasteiger partial charge in [-0.2, -0.15) is 0 Å². The summed E-state index contributed by atoms with van der Waals surface area (Å²) in [6, 6.07) is 9.94. The maximum Gasteiger partial charge on any atom is 0.295 e. The zero-order chi connectivity index (χ0) is 21.3. The molecule has 3 aromatic rings. The van der Waals surface area contributed by atoms with Crippen molar-refractivity contribution in [2.75, 3.05) is 7.11 Å². The second-order valence-corrected chi connectivity index (χ2v) is 7.63. The van der Waals surface area contributed by atoms with Gasteiger partial charge in [0.2, 0.25) is 0 Å². The number of pyridine rings is 1. The fraction of sp³-hybridized carbons (Fsp3) is 0.136. The summed E-state index contributed by atoms with van der Waals surface area (Å²) >= 11 is 1.36.